The van der Waals surface area contributed by atoms with Gasteiger partial charge in [0.25, 0.3) is 0 Å². The van der Waals surface area contributed by atoms with Gasteiger partial charge in [0, 0.05) is 14.1 Å². The van der Waals surface area contributed by atoms with Gasteiger partial charge < -0.3 is 14.7 Å². The van der Waals surface area contributed by atoms with Crippen LogP contribution in [0.3, 0.4) is 0 Å². The molecule has 0 aliphatic heterocycles. The predicted octanol–water partition coefficient (Wildman–Crippen LogP) is 3.53. The van der Waals surface area contributed by atoms with Crippen molar-refractivity contribution < 1.29 is 32.6 Å². The number of alkyl halides is 3. The van der Waals surface area contributed by atoms with Crippen molar-refractivity contribution in [3.05, 3.63) is 41.0 Å². The molecule has 0 aliphatic carbocycles. The van der Waals surface area contributed by atoms with Gasteiger partial charge in [-0.25, -0.2) is 9.59 Å². The third kappa shape index (κ3) is 4.63. The van der Waals surface area contributed by atoms with Crippen molar-refractivity contribution in [1.29, 1.82) is 0 Å². The van der Waals surface area contributed by atoms with E-state index in [0.717, 1.165) is 12.1 Å². The number of ether oxygens (including phenoxy) is 1. The SMILES string of the molecule is CN(C)C(=O)Nc1snc(OCc2cccc(C(F)(F)F)c2)c1C(=O)O. The lowest BCUT2D eigenvalue weighted by molar-refractivity contribution is -0.137. The zero-order valence-corrected chi connectivity index (χ0v) is 14.4. The first kappa shape index (κ1) is 19.5. The average molecular weight is 389 g/mol. The van der Waals surface area contributed by atoms with E-state index >= 15 is 0 Å². The van der Waals surface area contributed by atoms with Gasteiger partial charge in [-0.3, -0.25) is 5.32 Å². The fraction of sp³-hybridized carbons (Fsp3) is 0.267. The van der Waals surface area contributed by atoms with E-state index < -0.39 is 23.7 Å². The molecular formula is C15H14F3N3O4S. The summed E-state index contributed by atoms with van der Waals surface area (Å²) >= 11 is 0.698. The zero-order valence-electron chi connectivity index (χ0n) is 13.6. The Hall–Kier alpha value is -2.82. The topological polar surface area (TPSA) is 91.8 Å². The van der Waals surface area contributed by atoms with Crippen LogP contribution >= 0.6 is 11.5 Å². The van der Waals surface area contributed by atoms with E-state index in [9.17, 15) is 27.9 Å². The number of halogens is 3. The van der Waals surface area contributed by atoms with Crippen LogP contribution in [-0.2, 0) is 12.8 Å². The molecule has 0 aliphatic rings. The lowest BCUT2D eigenvalue weighted by atomic mass is 10.1. The average Bonchev–Trinajstić information content (AvgIpc) is 2.95. The van der Waals surface area contributed by atoms with Crippen LogP contribution in [0.15, 0.2) is 24.3 Å². The number of urea groups is 1. The van der Waals surface area contributed by atoms with E-state index in [-0.39, 0.29) is 28.6 Å². The molecule has 1 aromatic carbocycles. The van der Waals surface area contributed by atoms with Crippen molar-refractivity contribution in [2.45, 2.75) is 12.8 Å². The Kier molecular flexibility index (Phi) is 5.70. The van der Waals surface area contributed by atoms with E-state index in [0.29, 0.717) is 11.5 Å². The Balaban J connectivity index is 2.19. The second-order valence-corrected chi connectivity index (χ2v) is 6.08. The van der Waals surface area contributed by atoms with Gasteiger partial charge in [0.1, 0.15) is 11.6 Å². The van der Waals surface area contributed by atoms with Crippen molar-refractivity contribution in [1.82, 2.24) is 9.27 Å². The number of nitrogens with one attached hydrogen (secondary N) is 1. The van der Waals surface area contributed by atoms with Crippen LogP contribution in [0, 0.1) is 0 Å². The standard InChI is InChI=1S/C15H14F3N3O4S/c1-21(2)14(24)19-12-10(13(22)23)11(20-26-12)25-7-8-4-3-5-9(6-8)15(16,17)18/h3-6H,7H2,1-2H3,(H,19,24)(H,22,23). The summed E-state index contributed by atoms with van der Waals surface area (Å²) in [5, 5.41) is 11.6. The van der Waals surface area contributed by atoms with Gasteiger partial charge in [-0.15, -0.1) is 0 Å². The largest absolute Gasteiger partial charge is 0.477 e. The second kappa shape index (κ2) is 7.60. The number of carboxylic acids is 1. The summed E-state index contributed by atoms with van der Waals surface area (Å²) < 4.78 is 47.2. The summed E-state index contributed by atoms with van der Waals surface area (Å²) in [5.74, 6) is -1.67. The Labute approximate surface area is 150 Å². The normalized spacial score (nSPS) is 11.1. The molecule has 0 saturated carbocycles. The Morgan fingerprint density at radius 3 is 2.62 bits per heavy atom. The zero-order chi connectivity index (χ0) is 19.5. The summed E-state index contributed by atoms with van der Waals surface area (Å²) in [6.45, 7) is -0.311. The van der Waals surface area contributed by atoms with Crippen LogP contribution < -0.4 is 10.1 Å². The highest BCUT2D eigenvalue weighted by Gasteiger charge is 2.30. The van der Waals surface area contributed by atoms with E-state index in [1.165, 1.54) is 31.1 Å². The van der Waals surface area contributed by atoms with Crippen LogP contribution in [0.5, 0.6) is 5.88 Å². The van der Waals surface area contributed by atoms with Crippen LogP contribution in [0.25, 0.3) is 0 Å². The molecule has 2 N–H and O–H groups in total. The number of anilines is 1. The molecule has 2 rings (SSSR count). The molecule has 11 heteroatoms. The van der Waals surface area contributed by atoms with Gasteiger partial charge in [0.05, 0.1) is 5.56 Å². The maximum atomic E-state index is 12.7. The summed E-state index contributed by atoms with van der Waals surface area (Å²) in [7, 11) is 2.95. The smallest absolute Gasteiger partial charge is 0.416 e. The second-order valence-electron chi connectivity index (χ2n) is 5.31. The van der Waals surface area contributed by atoms with Gasteiger partial charge in [0.15, 0.2) is 5.56 Å². The highest BCUT2D eigenvalue weighted by molar-refractivity contribution is 7.11. The van der Waals surface area contributed by atoms with Crippen LogP contribution in [0.1, 0.15) is 21.5 Å². The molecule has 1 aromatic heterocycles. The number of aromatic carboxylic acids is 1. The molecule has 2 amide bonds. The summed E-state index contributed by atoms with van der Waals surface area (Å²) in [6, 6.07) is 3.91. The number of nitrogens with zero attached hydrogens (tertiary/aromatic N) is 2. The summed E-state index contributed by atoms with van der Waals surface area (Å²) in [4.78, 5) is 24.3. The van der Waals surface area contributed by atoms with Gasteiger partial charge >= 0.3 is 18.2 Å². The van der Waals surface area contributed by atoms with E-state index in [4.69, 9.17) is 4.74 Å². The maximum Gasteiger partial charge on any atom is 0.416 e. The van der Waals surface area contributed by atoms with Crippen molar-refractivity contribution >= 4 is 28.5 Å². The number of carbonyl (C=O) groups is 2. The number of hydrogen-bond acceptors (Lipinski definition) is 5. The lowest BCUT2D eigenvalue weighted by Crippen LogP contribution is -2.27. The first-order valence-electron chi connectivity index (χ1n) is 7.09. The molecule has 0 bridgehead atoms. The van der Waals surface area contributed by atoms with E-state index in [1.807, 2.05) is 0 Å². The Morgan fingerprint density at radius 1 is 1.35 bits per heavy atom. The molecule has 0 atom stereocenters. The molecule has 0 saturated heterocycles. The number of amides is 2. The van der Waals surface area contributed by atoms with E-state index in [1.54, 1.807) is 0 Å². The summed E-state index contributed by atoms with van der Waals surface area (Å²) in [5.41, 5.74) is -1.01. The summed E-state index contributed by atoms with van der Waals surface area (Å²) in [6.07, 6.45) is -4.49. The van der Waals surface area contributed by atoms with Gasteiger partial charge in [0.2, 0.25) is 5.88 Å². The van der Waals surface area contributed by atoms with Gasteiger partial charge in [-0.05, 0) is 29.2 Å². The first-order valence-corrected chi connectivity index (χ1v) is 7.87. The van der Waals surface area contributed by atoms with Crippen LogP contribution in [0.2, 0.25) is 0 Å². The maximum absolute atomic E-state index is 12.7. The fourth-order valence-corrected chi connectivity index (χ4v) is 2.56. The Bertz CT molecular complexity index is 821. The molecule has 26 heavy (non-hydrogen) atoms. The monoisotopic (exact) mass is 389 g/mol. The van der Waals surface area contributed by atoms with Crippen LogP contribution in [0.4, 0.5) is 23.0 Å². The van der Waals surface area contributed by atoms with Crippen molar-refractivity contribution in [2.75, 3.05) is 19.4 Å². The van der Waals surface area contributed by atoms with Gasteiger partial charge in [-0.2, -0.15) is 17.5 Å². The lowest BCUT2D eigenvalue weighted by Gasteiger charge is -2.11. The minimum atomic E-state index is -4.49. The molecule has 1 heterocycles. The molecule has 7 nitrogen and oxygen atoms in total. The molecule has 0 unspecified atom stereocenters. The first-order chi connectivity index (χ1) is 12.1. The number of carboxylic acid groups (broad SMARTS) is 1. The molecule has 140 valence electrons. The number of rotatable bonds is 5. The number of hydrogen-bond donors (Lipinski definition) is 2. The predicted molar refractivity (Wildman–Crippen MR) is 87.6 cm³/mol. The third-order valence-corrected chi connectivity index (χ3v) is 3.88. The quantitative estimate of drug-likeness (QED) is 0.816. The third-order valence-electron chi connectivity index (χ3n) is 3.13. The highest BCUT2D eigenvalue weighted by Crippen LogP contribution is 2.32. The number of carbonyl (C=O) groups excluding carboxylic acids is 1. The van der Waals surface area contributed by atoms with Crippen molar-refractivity contribution in [3.8, 4) is 5.88 Å². The Morgan fingerprint density at radius 2 is 2.04 bits per heavy atom. The molecule has 2 aromatic rings. The fourth-order valence-electron chi connectivity index (χ4n) is 1.85. The molecule has 0 spiro atoms. The molecular weight excluding hydrogens is 375 g/mol. The minimum absolute atomic E-state index is 0.0322. The molecule has 0 fully saturated rings. The van der Waals surface area contributed by atoms with Crippen molar-refractivity contribution in [3.63, 3.8) is 0 Å². The minimum Gasteiger partial charge on any atom is -0.477 e. The van der Waals surface area contributed by atoms with E-state index in [2.05, 4.69) is 9.69 Å². The highest BCUT2D eigenvalue weighted by atomic mass is 32.1. The van der Waals surface area contributed by atoms with Crippen LogP contribution in [-0.4, -0.2) is 40.5 Å². The number of benzene rings is 1. The molecule has 0 radical (unpaired) electrons. The number of aromatic nitrogens is 1. The van der Waals surface area contributed by atoms with Gasteiger partial charge in [-0.1, -0.05) is 12.1 Å². The van der Waals surface area contributed by atoms with Crippen molar-refractivity contribution in [2.24, 2.45) is 0 Å².